The fourth-order valence-electron chi connectivity index (χ4n) is 2.07. The first-order valence-electron chi connectivity index (χ1n) is 5.44. The second-order valence-corrected chi connectivity index (χ2v) is 5.58. The van der Waals surface area contributed by atoms with Crippen LogP contribution in [0, 0.1) is 0 Å². The summed E-state index contributed by atoms with van der Waals surface area (Å²) in [5.41, 5.74) is -0.133. The Morgan fingerprint density at radius 2 is 1.94 bits per heavy atom. The van der Waals surface area contributed by atoms with Gasteiger partial charge in [0.15, 0.2) is 5.60 Å². The van der Waals surface area contributed by atoms with Crippen molar-refractivity contribution in [1.82, 2.24) is 0 Å². The molecule has 0 aliphatic carbocycles. The third-order valence-electron chi connectivity index (χ3n) is 3.43. The van der Waals surface area contributed by atoms with Crippen LogP contribution in [0.2, 0.25) is 0 Å². The predicted octanol–water partition coefficient (Wildman–Crippen LogP) is 2.71. The van der Waals surface area contributed by atoms with Crippen LogP contribution < -0.4 is 0 Å². The number of hydrogen-bond donors (Lipinski definition) is 0. The minimum atomic E-state index is -0.811. The van der Waals surface area contributed by atoms with Gasteiger partial charge in [0, 0.05) is 10.9 Å². The zero-order valence-corrected chi connectivity index (χ0v) is 11.7. The molecule has 2 atom stereocenters. The highest BCUT2D eigenvalue weighted by Gasteiger charge is 2.69. The average molecular weight is 299 g/mol. The molecule has 1 saturated heterocycles. The van der Waals surface area contributed by atoms with E-state index in [-0.39, 0.29) is 5.97 Å². The van der Waals surface area contributed by atoms with E-state index in [1.165, 1.54) is 7.11 Å². The molecule has 3 nitrogen and oxygen atoms in total. The molecule has 1 aromatic rings. The maximum absolute atomic E-state index is 11.6. The molecule has 2 unspecified atom stereocenters. The van der Waals surface area contributed by atoms with Crippen molar-refractivity contribution in [3.05, 3.63) is 34.3 Å². The van der Waals surface area contributed by atoms with E-state index >= 15 is 0 Å². The number of ether oxygens (including phenoxy) is 2. The fourth-order valence-corrected chi connectivity index (χ4v) is 2.34. The Kier molecular flexibility index (Phi) is 3.04. The number of esters is 1. The number of carbonyl (C=O) groups is 1. The molecule has 0 radical (unpaired) electrons. The molecule has 0 N–H and O–H groups in total. The standard InChI is InChI=1S/C13H15BrO3/c1-12(13(2,17-12)11(15)16-3)8-9-4-6-10(14)7-5-9/h4-7H,8H2,1-3H3. The quantitative estimate of drug-likeness (QED) is 0.636. The number of carbonyl (C=O) groups excluding carboxylic acids is 1. The molecule has 0 spiro atoms. The van der Waals surface area contributed by atoms with E-state index in [9.17, 15) is 4.79 Å². The topological polar surface area (TPSA) is 38.8 Å². The Labute approximate surface area is 109 Å². The van der Waals surface area contributed by atoms with E-state index in [2.05, 4.69) is 15.9 Å². The first-order valence-corrected chi connectivity index (χ1v) is 6.24. The van der Waals surface area contributed by atoms with Crippen molar-refractivity contribution in [2.75, 3.05) is 7.11 Å². The lowest BCUT2D eigenvalue weighted by molar-refractivity contribution is -0.146. The zero-order chi connectivity index (χ0) is 12.7. The summed E-state index contributed by atoms with van der Waals surface area (Å²) in [7, 11) is 1.38. The molecule has 2 rings (SSSR count). The number of epoxide rings is 1. The largest absolute Gasteiger partial charge is 0.467 e. The van der Waals surface area contributed by atoms with Crippen LogP contribution in [0.15, 0.2) is 28.7 Å². The van der Waals surface area contributed by atoms with Gasteiger partial charge in [-0.05, 0) is 31.5 Å². The van der Waals surface area contributed by atoms with E-state index in [0.29, 0.717) is 6.42 Å². The summed E-state index contributed by atoms with van der Waals surface area (Å²) < 4.78 is 11.4. The monoisotopic (exact) mass is 298 g/mol. The third kappa shape index (κ3) is 2.11. The van der Waals surface area contributed by atoms with Crippen LogP contribution in [0.4, 0.5) is 0 Å². The molecule has 1 aliphatic rings. The Balaban J connectivity index is 2.11. The molecule has 1 aliphatic heterocycles. The first kappa shape index (κ1) is 12.6. The minimum Gasteiger partial charge on any atom is -0.467 e. The van der Waals surface area contributed by atoms with E-state index in [1.54, 1.807) is 6.92 Å². The predicted molar refractivity (Wildman–Crippen MR) is 67.8 cm³/mol. The molecule has 0 aromatic heterocycles. The van der Waals surface area contributed by atoms with Gasteiger partial charge in [-0.2, -0.15) is 0 Å². The number of hydrogen-bond acceptors (Lipinski definition) is 3. The van der Waals surface area contributed by atoms with Crippen LogP contribution >= 0.6 is 15.9 Å². The van der Waals surface area contributed by atoms with Crippen molar-refractivity contribution >= 4 is 21.9 Å². The van der Waals surface area contributed by atoms with E-state index in [4.69, 9.17) is 9.47 Å². The molecule has 1 fully saturated rings. The van der Waals surface area contributed by atoms with Crippen molar-refractivity contribution in [1.29, 1.82) is 0 Å². The SMILES string of the molecule is COC(=O)C1(C)OC1(C)Cc1ccc(Br)cc1. The Morgan fingerprint density at radius 1 is 1.35 bits per heavy atom. The van der Waals surface area contributed by atoms with Crippen LogP contribution in [0.3, 0.4) is 0 Å². The third-order valence-corrected chi connectivity index (χ3v) is 3.96. The second-order valence-electron chi connectivity index (χ2n) is 4.66. The summed E-state index contributed by atoms with van der Waals surface area (Å²) in [5.74, 6) is -0.308. The van der Waals surface area contributed by atoms with Crippen molar-refractivity contribution in [2.45, 2.75) is 31.5 Å². The second kappa shape index (κ2) is 4.10. The van der Waals surface area contributed by atoms with Crippen molar-refractivity contribution in [3.8, 4) is 0 Å². The van der Waals surface area contributed by atoms with Crippen LogP contribution in [-0.4, -0.2) is 24.3 Å². The molecule has 0 bridgehead atoms. The zero-order valence-electron chi connectivity index (χ0n) is 10.1. The average Bonchev–Trinajstić information content (AvgIpc) is 2.85. The van der Waals surface area contributed by atoms with Crippen molar-refractivity contribution in [2.24, 2.45) is 0 Å². The number of benzene rings is 1. The highest BCUT2D eigenvalue weighted by molar-refractivity contribution is 9.10. The first-order chi connectivity index (χ1) is 7.91. The molecule has 0 amide bonds. The maximum atomic E-state index is 11.6. The lowest BCUT2D eigenvalue weighted by Gasteiger charge is -2.10. The lowest BCUT2D eigenvalue weighted by Crippen LogP contribution is -2.31. The van der Waals surface area contributed by atoms with Gasteiger partial charge < -0.3 is 9.47 Å². The molecule has 1 aromatic carbocycles. The molecule has 0 saturated carbocycles. The normalized spacial score (nSPS) is 31.1. The summed E-state index contributed by atoms with van der Waals surface area (Å²) in [6, 6.07) is 8.01. The molecule has 17 heavy (non-hydrogen) atoms. The summed E-state index contributed by atoms with van der Waals surface area (Å²) in [4.78, 5) is 11.6. The lowest BCUT2D eigenvalue weighted by atomic mass is 9.90. The summed E-state index contributed by atoms with van der Waals surface area (Å²) in [6.07, 6.45) is 0.700. The number of halogens is 1. The van der Waals surface area contributed by atoms with Gasteiger partial charge in [0.2, 0.25) is 0 Å². The number of rotatable bonds is 3. The smallest absolute Gasteiger partial charge is 0.340 e. The van der Waals surface area contributed by atoms with Crippen molar-refractivity contribution < 1.29 is 14.3 Å². The van der Waals surface area contributed by atoms with Crippen LogP contribution in [-0.2, 0) is 20.7 Å². The van der Waals surface area contributed by atoms with Crippen LogP contribution in [0.5, 0.6) is 0 Å². The van der Waals surface area contributed by atoms with Gasteiger partial charge in [-0.25, -0.2) is 4.79 Å². The highest BCUT2D eigenvalue weighted by atomic mass is 79.9. The minimum absolute atomic E-state index is 0.308. The van der Waals surface area contributed by atoms with E-state index < -0.39 is 11.2 Å². The van der Waals surface area contributed by atoms with Crippen LogP contribution in [0.25, 0.3) is 0 Å². The van der Waals surface area contributed by atoms with Crippen molar-refractivity contribution in [3.63, 3.8) is 0 Å². The van der Waals surface area contributed by atoms with Gasteiger partial charge in [-0.1, -0.05) is 28.1 Å². The summed E-state index contributed by atoms with van der Waals surface area (Å²) in [6.45, 7) is 3.71. The molecular weight excluding hydrogens is 284 g/mol. The van der Waals surface area contributed by atoms with Gasteiger partial charge in [0.05, 0.1) is 7.11 Å². The number of methoxy groups -OCH3 is 1. The molecule has 4 heteroatoms. The van der Waals surface area contributed by atoms with E-state index in [1.807, 2.05) is 31.2 Å². The Hall–Kier alpha value is -0.870. The van der Waals surface area contributed by atoms with E-state index in [0.717, 1.165) is 10.0 Å². The molecular formula is C13H15BrO3. The van der Waals surface area contributed by atoms with Crippen LogP contribution in [0.1, 0.15) is 19.4 Å². The Bertz CT molecular complexity index is 442. The van der Waals surface area contributed by atoms with Gasteiger partial charge in [0.25, 0.3) is 0 Å². The van der Waals surface area contributed by atoms with Gasteiger partial charge >= 0.3 is 5.97 Å². The van der Waals surface area contributed by atoms with Gasteiger partial charge in [-0.15, -0.1) is 0 Å². The molecule has 1 heterocycles. The summed E-state index contributed by atoms with van der Waals surface area (Å²) >= 11 is 3.39. The fraction of sp³-hybridized carbons (Fsp3) is 0.462. The van der Waals surface area contributed by atoms with Gasteiger partial charge in [0.1, 0.15) is 5.60 Å². The highest BCUT2D eigenvalue weighted by Crippen LogP contribution is 2.50. The maximum Gasteiger partial charge on any atom is 0.340 e. The summed E-state index contributed by atoms with van der Waals surface area (Å²) in [5, 5.41) is 0. The Morgan fingerprint density at radius 3 is 2.47 bits per heavy atom. The molecule has 92 valence electrons. The van der Waals surface area contributed by atoms with Gasteiger partial charge in [-0.3, -0.25) is 0 Å².